The molecule has 2 aromatic rings. The van der Waals surface area contributed by atoms with Crippen LogP contribution in [0.15, 0.2) is 6.07 Å². The van der Waals surface area contributed by atoms with Gasteiger partial charge in [0.15, 0.2) is 6.61 Å². The first-order valence-electron chi connectivity index (χ1n) is 9.51. The Morgan fingerprint density at radius 2 is 1.79 bits per heavy atom. The molecule has 28 heavy (non-hydrogen) atoms. The number of nitrogens with zero attached hydrogens (tertiary/aromatic N) is 1. The predicted octanol–water partition coefficient (Wildman–Crippen LogP) is 3.60. The fourth-order valence-corrected chi connectivity index (χ4v) is 3.70. The van der Waals surface area contributed by atoms with Crippen LogP contribution in [0.3, 0.4) is 0 Å². The molecule has 1 aliphatic carbocycles. The summed E-state index contributed by atoms with van der Waals surface area (Å²) in [6.45, 7) is 8.86. The Kier molecular flexibility index (Phi) is 5.45. The van der Waals surface area contributed by atoms with E-state index in [2.05, 4.69) is 9.55 Å². The topological polar surface area (TPSA) is 90.4 Å². The summed E-state index contributed by atoms with van der Waals surface area (Å²) in [5.74, 6) is -1.39. The summed E-state index contributed by atoms with van der Waals surface area (Å²) in [5, 5.41) is 0. The van der Waals surface area contributed by atoms with Crippen LogP contribution in [-0.4, -0.2) is 40.5 Å². The van der Waals surface area contributed by atoms with Crippen LogP contribution in [0.1, 0.15) is 79.7 Å². The Morgan fingerprint density at radius 3 is 2.39 bits per heavy atom. The van der Waals surface area contributed by atoms with Crippen LogP contribution in [-0.2, 0) is 9.47 Å². The van der Waals surface area contributed by atoms with Gasteiger partial charge < -0.3 is 19.0 Å². The molecule has 0 amide bonds. The molecule has 2 heterocycles. The number of nitrogens with one attached hydrogen (secondary N) is 1. The lowest BCUT2D eigenvalue weighted by Gasteiger charge is -2.08. The molecule has 1 N–H and O–H groups in total. The number of Topliss-reactive ketones (excluding diaryl/α,β-unsaturated/α-hetero) is 1. The van der Waals surface area contributed by atoms with Crippen LogP contribution >= 0.6 is 0 Å². The Labute approximate surface area is 164 Å². The van der Waals surface area contributed by atoms with Crippen molar-refractivity contribution in [3.63, 3.8) is 0 Å². The van der Waals surface area contributed by atoms with Crippen LogP contribution in [0.2, 0.25) is 0 Å². The molecule has 1 aliphatic rings. The summed E-state index contributed by atoms with van der Waals surface area (Å²) >= 11 is 0. The molecule has 0 radical (unpaired) electrons. The van der Waals surface area contributed by atoms with Crippen LogP contribution in [0.4, 0.5) is 0 Å². The molecule has 7 nitrogen and oxygen atoms in total. The number of rotatable bonds is 7. The van der Waals surface area contributed by atoms with Crippen molar-refractivity contribution in [3.05, 3.63) is 45.5 Å². The van der Waals surface area contributed by atoms with Gasteiger partial charge in [0.2, 0.25) is 5.78 Å². The lowest BCUT2D eigenvalue weighted by Crippen LogP contribution is -2.16. The lowest BCUT2D eigenvalue weighted by molar-refractivity contribution is 0.0468. The van der Waals surface area contributed by atoms with E-state index in [1.807, 2.05) is 19.9 Å². The van der Waals surface area contributed by atoms with Crippen molar-refractivity contribution in [2.24, 2.45) is 0 Å². The number of carbonyl (C=O) groups excluding carboxylic acids is 3. The smallest absolute Gasteiger partial charge is 0.355 e. The third kappa shape index (κ3) is 3.61. The van der Waals surface area contributed by atoms with Gasteiger partial charge in [-0.1, -0.05) is 0 Å². The second kappa shape index (κ2) is 7.66. The molecular weight excluding hydrogens is 360 g/mol. The summed E-state index contributed by atoms with van der Waals surface area (Å²) in [4.78, 5) is 40.0. The van der Waals surface area contributed by atoms with Crippen LogP contribution in [0.5, 0.6) is 0 Å². The van der Waals surface area contributed by atoms with Crippen molar-refractivity contribution in [1.82, 2.24) is 9.55 Å². The molecule has 150 valence electrons. The highest BCUT2D eigenvalue weighted by atomic mass is 16.5. The zero-order valence-corrected chi connectivity index (χ0v) is 17.0. The number of hydrogen-bond acceptors (Lipinski definition) is 5. The molecule has 7 heteroatoms. The van der Waals surface area contributed by atoms with Crippen molar-refractivity contribution in [2.75, 3.05) is 13.2 Å². The van der Waals surface area contributed by atoms with E-state index in [1.54, 1.807) is 20.8 Å². The fourth-order valence-electron chi connectivity index (χ4n) is 3.70. The van der Waals surface area contributed by atoms with E-state index in [4.69, 9.17) is 9.47 Å². The third-order valence-corrected chi connectivity index (χ3v) is 5.15. The highest BCUT2D eigenvalue weighted by molar-refractivity contribution is 6.02. The largest absolute Gasteiger partial charge is 0.462 e. The number of ether oxygens (including phenoxy) is 2. The summed E-state index contributed by atoms with van der Waals surface area (Å²) in [5.41, 5.74) is 4.03. The first-order valence-corrected chi connectivity index (χ1v) is 9.51. The van der Waals surface area contributed by atoms with Gasteiger partial charge in [-0.15, -0.1) is 0 Å². The molecule has 2 aromatic heterocycles. The predicted molar refractivity (Wildman–Crippen MR) is 103 cm³/mol. The van der Waals surface area contributed by atoms with Gasteiger partial charge in [-0.05, 0) is 59.1 Å². The van der Waals surface area contributed by atoms with E-state index in [0.717, 1.165) is 24.2 Å². The first-order chi connectivity index (χ1) is 13.3. The van der Waals surface area contributed by atoms with Gasteiger partial charge >= 0.3 is 11.9 Å². The first kappa shape index (κ1) is 19.9. The number of carbonyl (C=O) groups is 3. The van der Waals surface area contributed by atoms with Gasteiger partial charge in [0, 0.05) is 28.7 Å². The van der Waals surface area contributed by atoms with Crippen molar-refractivity contribution in [3.8, 4) is 0 Å². The molecule has 3 rings (SSSR count). The monoisotopic (exact) mass is 386 g/mol. The molecule has 0 bridgehead atoms. The Bertz CT molecular complexity index is 947. The number of hydrogen-bond donors (Lipinski definition) is 1. The molecule has 0 spiro atoms. The second-order valence-electron chi connectivity index (χ2n) is 7.23. The number of H-pyrrole nitrogens is 1. The van der Waals surface area contributed by atoms with E-state index in [1.165, 1.54) is 0 Å². The molecule has 1 saturated carbocycles. The van der Waals surface area contributed by atoms with Crippen molar-refractivity contribution in [1.29, 1.82) is 0 Å². The number of ketones is 1. The van der Waals surface area contributed by atoms with Crippen LogP contribution in [0.25, 0.3) is 0 Å². The zero-order valence-electron chi connectivity index (χ0n) is 17.0. The summed E-state index contributed by atoms with van der Waals surface area (Å²) in [7, 11) is 0. The number of aromatic amines is 1. The lowest BCUT2D eigenvalue weighted by atomic mass is 10.1. The highest BCUT2D eigenvalue weighted by Gasteiger charge is 2.29. The molecule has 0 aromatic carbocycles. The van der Waals surface area contributed by atoms with Gasteiger partial charge in [-0.25, -0.2) is 9.59 Å². The van der Waals surface area contributed by atoms with Crippen molar-refractivity contribution >= 4 is 17.7 Å². The maximum absolute atomic E-state index is 12.6. The summed E-state index contributed by atoms with van der Waals surface area (Å²) in [6.07, 6.45) is 2.26. The number of aryl methyl sites for hydroxylation is 2. The van der Waals surface area contributed by atoms with Gasteiger partial charge in [0.1, 0.15) is 5.69 Å². The van der Waals surface area contributed by atoms with Crippen molar-refractivity contribution in [2.45, 2.75) is 53.5 Å². The average molecular weight is 386 g/mol. The van der Waals surface area contributed by atoms with Crippen LogP contribution in [0, 0.1) is 27.7 Å². The maximum Gasteiger partial charge on any atom is 0.355 e. The molecule has 0 atom stereocenters. The maximum atomic E-state index is 12.6. The van der Waals surface area contributed by atoms with E-state index in [0.29, 0.717) is 28.4 Å². The normalized spacial score (nSPS) is 13.5. The molecule has 0 aliphatic heterocycles. The van der Waals surface area contributed by atoms with Crippen molar-refractivity contribution < 1.29 is 23.9 Å². The Morgan fingerprint density at radius 1 is 1.11 bits per heavy atom. The minimum Gasteiger partial charge on any atom is -0.462 e. The van der Waals surface area contributed by atoms with E-state index in [-0.39, 0.29) is 24.7 Å². The standard InChI is InChI=1S/C21H26N2O5/c1-6-27-20(25)18-12(3)19(22-13(18)4)21(26)28-10-17(24)16-9-11(2)23(14(16)5)15-7-8-15/h9,15,22H,6-8,10H2,1-5H3. The second-order valence-corrected chi connectivity index (χ2v) is 7.23. The average Bonchev–Trinajstić information content (AvgIpc) is 3.35. The Balaban J connectivity index is 1.71. The summed E-state index contributed by atoms with van der Waals surface area (Å²) in [6, 6.07) is 2.34. The van der Waals surface area contributed by atoms with E-state index >= 15 is 0 Å². The minimum atomic E-state index is -0.666. The Hall–Kier alpha value is -2.83. The van der Waals surface area contributed by atoms with Gasteiger partial charge in [-0.2, -0.15) is 0 Å². The molecule has 0 saturated heterocycles. The SMILES string of the molecule is CCOC(=O)c1c(C)[nH]c(C(=O)OCC(=O)c2cc(C)n(C3CC3)c2C)c1C. The highest BCUT2D eigenvalue weighted by Crippen LogP contribution is 2.38. The van der Waals surface area contributed by atoms with Gasteiger partial charge in [-0.3, -0.25) is 4.79 Å². The number of aromatic nitrogens is 2. The van der Waals surface area contributed by atoms with Gasteiger partial charge in [0.05, 0.1) is 12.2 Å². The van der Waals surface area contributed by atoms with Crippen LogP contribution < -0.4 is 0 Å². The zero-order chi connectivity index (χ0) is 20.6. The van der Waals surface area contributed by atoms with Gasteiger partial charge in [0.25, 0.3) is 0 Å². The quantitative estimate of drug-likeness (QED) is 0.580. The summed E-state index contributed by atoms with van der Waals surface area (Å²) < 4.78 is 12.4. The molecule has 1 fully saturated rings. The molecule has 0 unspecified atom stereocenters. The third-order valence-electron chi connectivity index (χ3n) is 5.15. The number of esters is 2. The minimum absolute atomic E-state index is 0.164. The van der Waals surface area contributed by atoms with E-state index in [9.17, 15) is 14.4 Å². The molecular formula is C21H26N2O5. The van der Waals surface area contributed by atoms with E-state index < -0.39 is 11.9 Å². The fraction of sp³-hybridized carbons (Fsp3) is 0.476.